The van der Waals surface area contributed by atoms with E-state index in [0.29, 0.717) is 6.42 Å². The van der Waals surface area contributed by atoms with Crippen molar-refractivity contribution < 1.29 is 14.6 Å². The van der Waals surface area contributed by atoms with Crippen LogP contribution in [0.2, 0.25) is 0 Å². The van der Waals surface area contributed by atoms with Gasteiger partial charge in [-0.1, -0.05) is 19.1 Å². The van der Waals surface area contributed by atoms with E-state index in [9.17, 15) is 4.79 Å². The molecule has 0 fully saturated rings. The smallest absolute Gasteiger partial charge is 0.306 e. The molecule has 0 radical (unpaired) electrons. The maximum atomic E-state index is 10.7. The van der Waals surface area contributed by atoms with Crippen molar-refractivity contribution in [1.82, 2.24) is 0 Å². The maximum Gasteiger partial charge on any atom is 0.306 e. The molecule has 17 heavy (non-hydrogen) atoms. The summed E-state index contributed by atoms with van der Waals surface area (Å²) < 4.78 is 5.30. The largest absolute Gasteiger partial charge is 0.496 e. The van der Waals surface area contributed by atoms with Crippen LogP contribution in [0.1, 0.15) is 30.0 Å². The number of aryl methyl sites for hydroxylation is 3. The van der Waals surface area contributed by atoms with Gasteiger partial charge in [-0.3, -0.25) is 4.79 Å². The van der Waals surface area contributed by atoms with E-state index in [4.69, 9.17) is 9.84 Å². The second-order valence-electron chi connectivity index (χ2n) is 4.54. The van der Waals surface area contributed by atoms with Crippen LogP contribution in [0.3, 0.4) is 0 Å². The predicted octanol–water partition coefficient (Wildman–Crippen LogP) is 2.97. The molecule has 1 N–H and O–H groups in total. The minimum Gasteiger partial charge on any atom is -0.496 e. The molecule has 0 heterocycles. The Morgan fingerprint density at radius 3 is 2.29 bits per heavy atom. The molecule has 0 spiro atoms. The van der Waals surface area contributed by atoms with Gasteiger partial charge >= 0.3 is 5.97 Å². The summed E-state index contributed by atoms with van der Waals surface area (Å²) in [7, 11) is 1.67. The zero-order valence-electron chi connectivity index (χ0n) is 10.9. The number of ether oxygens (including phenoxy) is 1. The molecule has 1 unspecified atom stereocenters. The first-order valence-corrected chi connectivity index (χ1v) is 5.82. The lowest BCUT2D eigenvalue weighted by Crippen LogP contribution is -2.10. The average molecular weight is 236 g/mol. The molecule has 1 aromatic carbocycles. The van der Waals surface area contributed by atoms with Crippen LogP contribution in [-0.2, 0) is 11.2 Å². The molecular weight excluding hydrogens is 216 g/mol. The summed E-state index contributed by atoms with van der Waals surface area (Å²) in [6.45, 7) is 5.76. The third-order valence-electron chi connectivity index (χ3n) is 3.01. The number of aliphatic carboxylic acids is 1. The second-order valence-corrected chi connectivity index (χ2v) is 4.54. The number of carbonyl (C=O) groups is 1. The molecule has 3 heteroatoms. The maximum absolute atomic E-state index is 10.7. The van der Waals surface area contributed by atoms with E-state index in [1.165, 1.54) is 5.56 Å². The number of hydrogen-bond donors (Lipinski definition) is 1. The quantitative estimate of drug-likeness (QED) is 0.855. The zero-order chi connectivity index (χ0) is 13.0. The van der Waals surface area contributed by atoms with Crippen LogP contribution >= 0.6 is 0 Å². The van der Waals surface area contributed by atoms with Crippen LogP contribution in [0, 0.1) is 19.8 Å². The van der Waals surface area contributed by atoms with Crippen molar-refractivity contribution in [2.24, 2.45) is 5.92 Å². The van der Waals surface area contributed by atoms with E-state index in [0.717, 1.165) is 23.3 Å². The molecule has 0 aliphatic rings. The van der Waals surface area contributed by atoms with Crippen molar-refractivity contribution in [3.63, 3.8) is 0 Å². The third kappa shape index (κ3) is 3.48. The Bertz CT molecular complexity index is 387. The van der Waals surface area contributed by atoms with E-state index in [1.54, 1.807) is 14.0 Å². The Hall–Kier alpha value is -1.51. The van der Waals surface area contributed by atoms with Crippen molar-refractivity contribution in [3.8, 4) is 5.75 Å². The lowest BCUT2D eigenvalue weighted by molar-refractivity contribution is -0.141. The summed E-state index contributed by atoms with van der Waals surface area (Å²) in [5.41, 5.74) is 3.38. The molecule has 1 rings (SSSR count). The molecule has 1 aromatic rings. The lowest BCUT2D eigenvalue weighted by atomic mass is 9.98. The molecule has 0 saturated heterocycles. The first-order valence-electron chi connectivity index (χ1n) is 5.82. The van der Waals surface area contributed by atoms with Gasteiger partial charge < -0.3 is 9.84 Å². The van der Waals surface area contributed by atoms with Crippen LogP contribution < -0.4 is 4.74 Å². The second kappa shape index (κ2) is 5.71. The fraction of sp³-hybridized carbons (Fsp3) is 0.500. The summed E-state index contributed by atoms with van der Waals surface area (Å²) in [5, 5.41) is 8.83. The van der Waals surface area contributed by atoms with Crippen LogP contribution in [0.15, 0.2) is 12.1 Å². The highest BCUT2D eigenvalue weighted by molar-refractivity contribution is 5.69. The van der Waals surface area contributed by atoms with Gasteiger partial charge in [-0.25, -0.2) is 0 Å². The van der Waals surface area contributed by atoms with Crippen molar-refractivity contribution >= 4 is 5.97 Å². The van der Waals surface area contributed by atoms with Gasteiger partial charge in [0, 0.05) is 0 Å². The van der Waals surface area contributed by atoms with Crippen LogP contribution in [-0.4, -0.2) is 18.2 Å². The molecule has 94 valence electrons. The Labute approximate surface area is 102 Å². The standard InChI is InChI=1S/C14H20O3/c1-9(14(15)16)5-6-12-7-10(2)13(17-4)11(3)8-12/h7-9H,5-6H2,1-4H3,(H,15,16). The molecule has 0 aromatic heterocycles. The van der Waals surface area contributed by atoms with Gasteiger partial charge in [0.05, 0.1) is 13.0 Å². The van der Waals surface area contributed by atoms with E-state index >= 15 is 0 Å². The Kier molecular flexibility index (Phi) is 4.55. The Balaban J connectivity index is 2.77. The lowest BCUT2D eigenvalue weighted by Gasteiger charge is -2.12. The Morgan fingerprint density at radius 2 is 1.88 bits per heavy atom. The van der Waals surface area contributed by atoms with E-state index in [-0.39, 0.29) is 5.92 Å². The van der Waals surface area contributed by atoms with Gasteiger partial charge in [-0.05, 0) is 43.4 Å². The highest BCUT2D eigenvalue weighted by atomic mass is 16.5. The molecular formula is C14H20O3. The molecule has 0 saturated carbocycles. The molecule has 1 atom stereocenters. The minimum atomic E-state index is -0.730. The van der Waals surface area contributed by atoms with Gasteiger partial charge in [0.2, 0.25) is 0 Å². The van der Waals surface area contributed by atoms with Crippen molar-refractivity contribution in [1.29, 1.82) is 0 Å². The zero-order valence-corrected chi connectivity index (χ0v) is 10.9. The van der Waals surface area contributed by atoms with Crippen molar-refractivity contribution in [3.05, 3.63) is 28.8 Å². The molecule has 0 bridgehead atoms. The first kappa shape index (κ1) is 13.6. The molecule has 0 aliphatic heterocycles. The highest BCUT2D eigenvalue weighted by Gasteiger charge is 2.11. The van der Waals surface area contributed by atoms with Gasteiger partial charge in [0.1, 0.15) is 5.75 Å². The van der Waals surface area contributed by atoms with Gasteiger partial charge in [-0.15, -0.1) is 0 Å². The van der Waals surface area contributed by atoms with Gasteiger partial charge in [0.25, 0.3) is 0 Å². The van der Waals surface area contributed by atoms with E-state index in [2.05, 4.69) is 12.1 Å². The first-order chi connectivity index (χ1) is 7.95. The number of rotatable bonds is 5. The van der Waals surface area contributed by atoms with Gasteiger partial charge in [0.15, 0.2) is 0 Å². The average Bonchev–Trinajstić information content (AvgIpc) is 2.25. The summed E-state index contributed by atoms with van der Waals surface area (Å²) in [5.74, 6) is -0.107. The third-order valence-corrected chi connectivity index (χ3v) is 3.01. The monoisotopic (exact) mass is 236 g/mol. The van der Waals surface area contributed by atoms with Crippen LogP contribution in [0.5, 0.6) is 5.75 Å². The van der Waals surface area contributed by atoms with Crippen LogP contribution in [0.4, 0.5) is 0 Å². The normalized spacial score (nSPS) is 12.2. The molecule has 3 nitrogen and oxygen atoms in total. The van der Waals surface area contributed by atoms with Crippen molar-refractivity contribution in [2.75, 3.05) is 7.11 Å². The number of carboxylic acids is 1. The summed E-state index contributed by atoms with van der Waals surface area (Å²) in [4.78, 5) is 10.7. The number of benzene rings is 1. The van der Waals surface area contributed by atoms with Crippen LogP contribution in [0.25, 0.3) is 0 Å². The molecule has 0 aliphatic carbocycles. The minimum absolute atomic E-state index is 0.294. The number of methoxy groups -OCH3 is 1. The number of carboxylic acid groups (broad SMARTS) is 1. The van der Waals surface area contributed by atoms with E-state index < -0.39 is 5.97 Å². The van der Waals surface area contributed by atoms with Crippen molar-refractivity contribution in [2.45, 2.75) is 33.6 Å². The SMILES string of the molecule is COc1c(C)cc(CCC(C)C(=O)O)cc1C. The summed E-state index contributed by atoms with van der Waals surface area (Å²) in [6, 6.07) is 4.14. The fourth-order valence-electron chi connectivity index (χ4n) is 2.01. The van der Waals surface area contributed by atoms with E-state index in [1.807, 2.05) is 13.8 Å². The topological polar surface area (TPSA) is 46.5 Å². The summed E-state index contributed by atoms with van der Waals surface area (Å²) in [6.07, 6.45) is 1.46. The fourth-order valence-corrected chi connectivity index (χ4v) is 2.01. The number of hydrogen-bond acceptors (Lipinski definition) is 2. The van der Waals surface area contributed by atoms with Gasteiger partial charge in [-0.2, -0.15) is 0 Å². The molecule has 0 amide bonds. The Morgan fingerprint density at radius 1 is 1.35 bits per heavy atom. The highest BCUT2D eigenvalue weighted by Crippen LogP contribution is 2.25. The predicted molar refractivity (Wildman–Crippen MR) is 67.6 cm³/mol. The summed E-state index contributed by atoms with van der Waals surface area (Å²) >= 11 is 0.